The molecule has 1 fully saturated rings. The maximum atomic E-state index is 12.3. The van der Waals surface area contributed by atoms with Gasteiger partial charge in [0.2, 0.25) is 5.91 Å². The number of rotatable bonds is 4. The molecule has 1 aliphatic heterocycles. The molecule has 0 bridgehead atoms. The van der Waals surface area contributed by atoms with Crippen LogP contribution in [0.5, 0.6) is 0 Å². The number of hydrogen-bond donors (Lipinski definition) is 2. The Morgan fingerprint density at radius 3 is 2.10 bits per heavy atom. The third-order valence-corrected chi connectivity index (χ3v) is 3.77. The van der Waals surface area contributed by atoms with Crippen LogP contribution in [-0.2, 0) is 4.79 Å². The second-order valence-electron chi connectivity index (χ2n) is 5.29. The molecule has 6 heteroatoms. The van der Waals surface area contributed by atoms with E-state index >= 15 is 0 Å². The number of nitrogens with two attached hydrogens (primary N) is 1. The van der Waals surface area contributed by atoms with E-state index in [0.717, 1.165) is 12.8 Å². The Labute approximate surface area is 122 Å². The smallest absolute Gasteiger partial charge is 0.335 e. The van der Waals surface area contributed by atoms with E-state index in [1.807, 2.05) is 0 Å². The van der Waals surface area contributed by atoms with Crippen LogP contribution in [0.4, 0.5) is 0 Å². The first-order valence-corrected chi connectivity index (χ1v) is 6.88. The minimum absolute atomic E-state index is 0.107. The predicted octanol–water partition coefficient (Wildman–Crippen LogP) is 1.11. The molecule has 1 aliphatic rings. The van der Waals surface area contributed by atoms with Crippen LogP contribution in [-0.4, -0.2) is 40.9 Å². The number of benzene rings is 1. The van der Waals surface area contributed by atoms with E-state index in [1.165, 1.54) is 24.3 Å². The normalized spacial score (nSPS) is 15.7. The summed E-state index contributed by atoms with van der Waals surface area (Å²) < 4.78 is 0. The van der Waals surface area contributed by atoms with Crippen molar-refractivity contribution in [3.05, 3.63) is 35.4 Å². The summed E-state index contributed by atoms with van der Waals surface area (Å²) in [5.41, 5.74) is 5.82. The van der Waals surface area contributed by atoms with Gasteiger partial charge in [0.1, 0.15) is 0 Å². The second-order valence-corrected chi connectivity index (χ2v) is 5.29. The average molecular weight is 290 g/mol. The van der Waals surface area contributed by atoms with E-state index in [0.29, 0.717) is 25.1 Å². The lowest BCUT2D eigenvalue weighted by molar-refractivity contribution is -0.119. The molecule has 0 unspecified atom stereocenters. The summed E-state index contributed by atoms with van der Waals surface area (Å²) in [7, 11) is 0. The van der Waals surface area contributed by atoms with E-state index in [4.69, 9.17) is 10.8 Å². The van der Waals surface area contributed by atoms with Crippen LogP contribution in [0, 0.1) is 5.92 Å². The maximum absolute atomic E-state index is 12.3. The average Bonchev–Trinajstić information content (AvgIpc) is 2.47. The third-order valence-electron chi connectivity index (χ3n) is 3.77. The number of carbonyl (C=O) groups is 3. The number of carbonyl (C=O) groups excluding carboxylic acids is 2. The van der Waals surface area contributed by atoms with Crippen molar-refractivity contribution in [1.82, 2.24) is 4.90 Å². The Morgan fingerprint density at radius 2 is 1.62 bits per heavy atom. The molecule has 1 aromatic carbocycles. The Kier molecular flexibility index (Phi) is 4.57. The first-order valence-electron chi connectivity index (χ1n) is 6.88. The van der Waals surface area contributed by atoms with E-state index in [2.05, 4.69) is 0 Å². The number of amides is 2. The number of likely N-dealkylation sites (tertiary alicyclic amines) is 1. The summed E-state index contributed by atoms with van der Waals surface area (Å²) in [6, 6.07) is 5.91. The Morgan fingerprint density at radius 1 is 1.10 bits per heavy atom. The molecule has 21 heavy (non-hydrogen) atoms. The number of nitrogens with zero attached hydrogens (tertiary/aromatic N) is 1. The lowest BCUT2D eigenvalue weighted by atomic mass is 9.93. The molecule has 1 aromatic rings. The Hall–Kier alpha value is -2.37. The molecule has 3 N–H and O–H groups in total. The second kappa shape index (κ2) is 6.39. The molecule has 0 aromatic heterocycles. The van der Waals surface area contributed by atoms with Gasteiger partial charge in [-0.2, -0.15) is 0 Å². The molecule has 2 amide bonds. The van der Waals surface area contributed by atoms with Crippen LogP contribution >= 0.6 is 0 Å². The quantitative estimate of drug-likeness (QED) is 0.867. The molecule has 0 radical (unpaired) electrons. The van der Waals surface area contributed by atoms with Crippen molar-refractivity contribution in [3.8, 4) is 0 Å². The van der Waals surface area contributed by atoms with Crippen molar-refractivity contribution in [2.75, 3.05) is 13.1 Å². The van der Waals surface area contributed by atoms with Gasteiger partial charge in [-0.3, -0.25) is 9.59 Å². The molecule has 1 saturated heterocycles. The van der Waals surface area contributed by atoms with Gasteiger partial charge in [0.15, 0.2) is 0 Å². The Bertz CT molecular complexity index is 545. The molecular formula is C15H18N2O4. The molecule has 6 nitrogen and oxygen atoms in total. The van der Waals surface area contributed by atoms with E-state index in [-0.39, 0.29) is 23.3 Å². The van der Waals surface area contributed by atoms with Gasteiger partial charge in [-0.15, -0.1) is 0 Å². The molecule has 0 saturated carbocycles. The molecule has 2 rings (SSSR count). The largest absolute Gasteiger partial charge is 0.478 e. The van der Waals surface area contributed by atoms with Crippen molar-refractivity contribution in [2.45, 2.75) is 19.3 Å². The number of hydrogen-bond acceptors (Lipinski definition) is 3. The van der Waals surface area contributed by atoms with Gasteiger partial charge in [0.25, 0.3) is 5.91 Å². The fourth-order valence-corrected chi connectivity index (χ4v) is 2.56. The minimum Gasteiger partial charge on any atom is -0.478 e. The van der Waals surface area contributed by atoms with Gasteiger partial charge in [0.05, 0.1) is 5.56 Å². The van der Waals surface area contributed by atoms with Crippen molar-refractivity contribution in [1.29, 1.82) is 0 Å². The van der Waals surface area contributed by atoms with Crippen LogP contribution in [0.1, 0.15) is 40.0 Å². The zero-order chi connectivity index (χ0) is 15.4. The highest BCUT2D eigenvalue weighted by atomic mass is 16.4. The highest BCUT2D eigenvalue weighted by Crippen LogP contribution is 2.21. The number of primary amides is 1. The molecule has 1 heterocycles. The third kappa shape index (κ3) is 3.81. The number of carboxylic acid groups (broad SMARTS) is 1. The molecule has 112 valence electrons. The van der Waals surface area contributed by atoms with Gasteiger partial charge in [-0.25, -0.2) is 4.79 Å². The van der Waals surface area contributed by atoms with E-state index < -0.39 is 5.97 Å². The van der Waals surface area contributed by atoms with Crippen molar-refractivity contribution >= 4 is 17.8 Å². The molecular weight excluding hydrogens is 272 g/mol. The lowest BCUT2D eigenvalue weighted by Gasteiger charge is -2.31. The SMILES string of the molecule is NC(=O)CC1CCN(C(=O)c2ccc(C(=O)O)cc2)CC1. The summed E-state index contributed by atoms with van der Waals surface area (Å²) in [5.74, 6) is -1.17. The number of carboxylic acids is 1. The fourth-order valence-electron chi connectivity index (χ4n) is 2.56. The van der Waals surface area contributed by atoms with Crippen molar-refractivity contribution in [2.24, 2.45) is 11.7 Å². The summed E-state index contributed by atoms with van der Waals surface area (Å²) in [4.78, 5) is 35.7. The number of piperidine rings is 1. The summed E-state index contributed by atoms with van der Waals surface area (Å²) in [6.07, 6.45) is 1.90. The van der Waals surface area contributed by atoms with E-state index in [9.17, 15) is 14.4 Å². The fraction of sp³-hybridized carbons (Fsp3) is 0.400. The number of aromatic carboxylic acids is 1. The standard InChI is InChI=1S/C15H18N2O4/c16-13(18)9-10-5-7-17(8-6-10)14(19)11-1-3-12(4-2-11)15(20)21/h1-4,10H,5-9H2,(H2,16,18)(H,20,21). The van der Waals surface area contributed by atoms with Gasteiger partial charge < -0.3 is 15.7 Å². The van der Waals surface area contributed by atoms with Crippen LogP contribution < -0.4 is 5.73 Å². The topological polar surface area (TPSA) is 101 Å². The summed E-state index contributed by atoms with van der Waals surface area (Å²) >= 11 is 0. The molecule has 0 atom stereocenters. The predicted molar refractivity (Wildman–Crippen MR) is 75.8 cm³/mol. The lowest BCUT2D eigenvalue weighted by Crippen LogP contribution is -2.39. The first kappa shape index (κ1) is 15.0. The molecule has 0 spiro atoms. The van der Waals surface area contributed by atoms with Gasteiger partial charge in [-0.05, 0) is 43.0 Å². The van der Waals surface area contributed by atoms with Gasteiger partial charge in [-0.1, -0.05) is 0 Å². The van der Waals surface area contributed by atoms with Crippen LogP contribution in [0.2, 0.25) is 0 Å². The van der Waals surface area contributed by atoms with Gasteiger partial charge >= 0.3 is 5.97 Å². The van der Waals surface area contributed by atoms with E-state index in [1.54, 1.807) is 4.90 Å². The Balaban J connectivity index is 1.95. The monoisotopic (exact) mass is 290 g/mol. The molecule has 0 aliphatic carbocycles. The first-order chi connectivity index (χ1) is 9.97. The zero-order valence-electron chi connectivity index (χ0n) is 11.6. The minimum atomic E-state index is -1.01. The van der Waals surface area contributed by atoms with Crippen LogP contribution in [0.3, 0.4) is 0 Å². The van der Waals surface area contributed by atoms with Crippen LogP contribution in [0.25, 0.3) is 0 Å². The highest BCUT2D eigenvalue weighted by molar-refractivity contribution is 5.96. The highest BCUT2D eigenvalue weighted by Gasteiger charge is 2.24. The summed E-state index contributed by atoms with van der Waals surface area (Å²) in [5, 5.41) is 8.83. The summed E-state index contributed by atoms with van der Waals surface area (Å²) in [6.45, 7) is 1.19. The van der Waals surface area contributed by atoms with Gasteiger partial charge in [0, 0.05) is 25.1 Å². The van der Waals surface area contributed by atoms with Crippen molar-refractivity contribution < 1.29 is 19.5 Å². The zero-order valence-corrected chi connectivity index (χ0v) is 11.6. The van der Waals surface area contributed by atoms with Crippen LogP contribution in [0.15, 0.2) is 24.3 Å². The maximum Gasteiger partial charge on any atom is 0.335 e. The van der Waals surface area contributed by atoms with Crippen molar-refractivity contribution in [3.63, 3.8) is 0 Å².